The van der Waals surface area contributed by atoms with Gasteiger partial charge in [-0.15, -0.1) is 0 Å². The van der Waals surface area contributed by atoms with E-state index in [9.17, 15) is 4.39 Å². The third kappa shape index (κ3) is 3.17. The van der Waals surface area contributed by atoms with Gasteiger partial charge in [0.05, 0.1) is 11.4 Å². The molecule has 1 aromatic carbocycles. The Hall–Kier alpha value is -1.68. The van der Waals surface area contributed by atoms with Crippen LogP contribution in [0.3, 0.4) is 0 Å². The summed E-state index contributed by atoms with van der Waals surface area (Å²) in [6, 6.07) is 8.64. The van der Waals surface area contributed by atoms with E-state index in [1.54, 1.807) is 12.1 Å². The second kappa shape index (κ2) is 5.78. The lowest BCUT2D eigenvalue weighted by Gasteiger charge is -2.06. The summed E-state index contributed by atoms with van der Waals surface area (Å²) in [5.41, 5.74) is 3.29. The van der Waals surface area contributed by atoms with Gasteiger partial charge < -0.3 is 5.32 Å². The molecule has 1 aromatic heterocycles. The van der Waals surface area contributed by atoms with E-state index in [4.69, 9.17) is 0 Å². The number of nitrogens with zero attached hydrogens (tertiary/aromatic N) is 2. The molecule has 0 aliphatic carbocycles. The highest BCUT2D eigenvalue weighted by Gasteiger charge is 2.03. The van der Waals surface area contributed by atoms with Crippen molar-refractivity contribution in [1.29, 1.82) is 0 Å². The van der Waals surface area contributed by atoms with Crippen LogP contribution in [0.2, 0.25) is 0 Å². The lowest BCUT2D eigenvalue weighted by Crippen LogP contribution is -2.16. The maximum Gasteiger partial charge on any atom is 0.123 e. The fraction of sp³-hybridized carbons (Fsp3) is 0.357. The van der Waals surface area contributed by atoms with Gasteiger partial charge in [-0.05, 0) is 37.6 Å². The number of nitrogens with one attached hydrogen (secondary N) is 1. The Bertz CT molecular complexity index is 502. The minimum Gasteiger partial charge on any atom is -0.307 e. The van der Waals surface area contributed by atoms with Crippen molar-refractivity contribution >= 4 is 0 Å². The van der Waals surface area contributed by atoms with E-state index >= 15 is 0 Å². The minimum atomic E-state index is -0.196. The second-order valence-corrected chi connectivity index (χ2v) is 4.32. The molecular weight excluding hydrogens is 229 g/mol. The van der Waals surface area contributed by atoms with Gasteiger partial charge in [-0.1, -0.05) is 12.1 Å². The van der Waals surface area contributed by atoms with E-state index in [1.807, 2.05) is 11.6 Å². The van der Waals surface area contributed by atoms with Gasteiger partial charge in [0.2, 0.25) is 0 Å². The number of halogens is 1. The molecule has 2 rings (SSSR count). The van der Waals surface area contributed by atoms with E-state index in [0.29, 0.717) is 0 Å². The standard InChI is InChI=1S/C14H18FN3/c1-3-18-14(8-11(2)17-18)10-16-9-12-4-6-13(15)7-5-12/h4-8,16H,3,9-10H2,1-2H3. The first-order valence-corrected chi connectivity index (χ1v) is 6.17. The predicted molar refractivity (Wildman–Crippen MR) is 69.6 cm³/mol. The molecule has 0 aliphatic heterocycles. The molecule has 18 heavy (non-hydrogen) atoms. The molecule has 0 unspecified atom stereocenters. The van der Waals surface area contributed by atoms with Gasteiger partial charge >= 0.3 is 0 Å². The van der Waals surface area contributed by atoms with Crippen LogP contribution in [-0.4, -0.2) is 9.78 Å². The van der Waals surface area contributed by atoms with Crippen LogP contribution in [-0.2, 0) is 19.6 Å². The summed E-state index contributed by atoms with van der Waals surface area (Å²) in [5.74, 6) is -0.196. The summed E-state index contributed by atoms with van der Waals surface area (Å²) in [6.45, 7) is 6.45. The number of benzene rings is 1. The second-order valence-electron chi connectivity index (χ2n) is 4.32. The Morgan fingerprint density at radius 1 is 1.22 bits per heavy atom. The molecule has 1 heterocycles. The zero-order chi connectivity index (χ0) is 13.0. The maximum absolute atomic E-state index is 12.7. The molecule has 0 fully saturated rings. The fourth-order valence-electron chi connectivity index (χ4n) is 1.95. The van der Waals surface area contributed by atoms with Gasteiger partial charge in [-0.25, -0.2) is 4.39 Å². The number of hydrogen-bond donors (Lipinski definition) is 1. The first-order chi connectivity index (χ1) is 8.69. The third-order valence-corrected chi connectivity index (χ3v) is 2.83. The Balaban J connectivity index is 1.90. The summed E-state index contributed by atoms with van der Waals surface area (Å²) < 4.78 is 14.7. The van der Waals surface area contributed by atoms with Gasteiger partial charge in [0, 0.05) is 19.6 Å². The van der Waals surface area contributed by atoms with Crippen molar-refractivity contribution in [2.24, 2.45) is 0 Å². The normalized spacial score (nSPS) is 10.8. The molecule has 3 nitrogen and oxygen atoms in total. The molecule has 4 heteroatoms. The molecule has 0 saturated carbocycles. The molecule has 0 spiro atoms. The zero-order valence-electron chi connectivity index (χ0n) is 10.8. The van der Waals surface area contributed by atoms with Crippen molar-refractivity contribution in [3.8, 4) is 0 Å². The summed E-state index contributed by atoms with van der Waals surface area (Å²) >= 11 is 0. The van der Waals surface area contributed by atoms with Gasteiger partial charge in [0.25, 0.3) is 0 Å². The minimum absolute atomic E-state index is 0.196. The first-order valence-electron chi connectivity index (χ1n) is 6.17. The number of hydrogen-bond acceptors (Lipinski definition) is 2. The average Bonchev–Trinajstić information content (AvgIpc) is 2.72. The van der Waals surface area contributed by atoms with Crippen LogP contribution in [0.5, 0.6) is 0 Å². The van der Waals surface area contributed by atoms with Gasteiger partial charge in [-0.3, -0.25) is 4.68 Å². The van der Waals surface area contributed by atoms with E-state index in [1.165, 1.54) is 17.8 Å². The van der Waals surface area contributed by atoms with Crippen LogP contribution in [0.1, 0.15) is 23.9 Å². The highest BCUT2D eigenvalue weighted by atomic mass is 19.1. The predicted octanol–water partition coefficient (Wildman–Crippen LogP) is 2.64. The highest BCUT2D eigenvalue weighted by Crippen LogP contribution is 2.05. The Labute approximate surface area is 107 Å². The van der Waals surface area contributed by atoms with Crippen LogP contribution in [0.15, 0.2) is 30.3 Å². The molecular formula is C14H18FN3. The smallest absolute Gasteiger partial charge is 0.123 e. The molecule has 0 saturated heterocycles. The largest absolute Gasteiger partial charge is 0.307 e. The van der Waals surface area contributed by atoms with Crippen molar-refractivity contribution < 1.29 is 4.39 Å². The quantitative estimate of drug-likeness (QED) is 0.880. The van der Waals surface area contributed by atoms with E-state index in [-0.39, 0.29) is 5.82 Å². The van der Waals surface area contributed by atoms with E-state index in [0.717, 1.165) is 30.9 Å². The monoisotopic (exact) mass is 247 g/mol. The Morgan fingerprint density at radius 3 is 2.61 bits per heavy atom. The Morgan fingerprint density at radius 2 is 1.94 bits per heavy atom. The molecule has 0 atom stereocenters. The van der Waals surface area contributed by atoms with Crippen molar-refractivity contribution in [2.75, 3.05) is 0 Å². The molecule has 2 aromatic rings. The van der Waals surface area contributed by atoms with Crippen LogP contribution < -0.4 is 5.32 Å². The van der Waals surface area contributed by atoms with Gasteiger partial charge in [0.15, 0.2) is 0 Å². The first kappa shape index (κ1) is 12.8. The summed E-state index contributed by atoms with van der Waals surface area (Å²) in [5, 5.41) is 7.74. The van der Waals surface area contributed by atoms with Crippen LogP contribution in [0, 0.1) is 12.7 Å². The molecule has 0 aliphatic rings. The van der Waals surface area contributed by atoms with Crippen molar-refractivity contribution in [3.05, 3.63) is 53.1 Å². The molecule has 0 radical (unpaired) electrons. The van der Waals surface area contributed by atoms with Crippen molar-refractivity contribution in [1.82, 2.24) is 15.1 Å². The zero-order valence-corrected chi connectivity index (χ0v) is 10.8. The summed E-state index contributed by atoms with van der Waals surface area (Å²) in [6.07, 6.45) is 0. The lowest BCUT2D eigenvalue weighted by molar-refractivity contribution is 0.578. The van der Waals surface area contributed by atoms with Crippen LogP contribution in [0.4, 0.5) is 4.39 Å². The highest BCUT2D eigenvalue weighted by molar-refractivity contribution is 5.16. The Kier molecular flexibility index (Phi) is 4.10. The van der Waals surface area contributed by atoms with Crippen molar-refractivity contribution in [2.45, 2.75) is 33.5 Å². The van der Waals surface area contributed by atoms with Crippen LogP contribution >= 0.6 is 0 Å². The lowest BCUT2D eigenvalue weighted by atomic mass is 10.2. The summed E-state index contributed by atoms with van der Waals surface area (Å²) in [4.78, 5) is 0. The third-order valence-electron chi connectivity index (χ3n) is 2.83. The SMILES string of the molecule is CCn1nc(C)cc1CNCc1ccc(F)cc1. The fourth-order valence-corrected chi connectivity index (χ4v) is 1.95. The van der Waals surface area contributed by atoms with Crippen LogP contribution in [0.25, 0.3) is 0 Å². The van der Waals surface area contributed by atoms with Gasteiger partial charge in [-0.2, -0.15) is 5.10 Å². The van der Waals surface area contributed by atoms with E-state index in [2.05, 4.69) is 23.4 Å². The molecule has 0 amide bonds. The molecule has 96 valence electrons. The number of rotatable bonds is 5. The number of aromatic nitrogens is 2. The topological polar surface area (TPSA) is 29.9 Å². The average molecular weight is 247 g/mol. The molecule has 0 bridgehead atoms. The summed E-state index contributed by atoms with van der Waals surface area (Å²) in [7, 11) is 0. The maximum atomic E-state index is 12.7. The van der Waals surface area contributed by atoms with Crippen molar-refractivity contribution in [3.63, 3.8) is 0 Å². The van der Waals surface area contributed by atoms with E-state index < -0.39 is 0 Å². The number of aryl methyl sites for hydroxylation is 2. The molecule has 1 N–H and O–H groups in total. The van der Waals surface area contributed by atoms with Gasteiger partial charge in [0.1, 0.15) is 5.82 Å².